The Morgan fingerprint density at radius 3 is 2.64 bits per heavy atom. The van der Waals surface area contributed by atoms with Crippen LogP contribution in [0.15, 0.2) is 57.9 Å². The first-order valence-corrected chi connectivity index (χ1v) is 9.87. The Hall–Kier alpha value is -2.48. The molecule has 144 valence electrons. The summed E-state index contributed by atoms with van der Waals surface area (Å²) >= 11 is 13.3. The van der Waals surface area contributed by atoms with E-state index in [0.29, 0.717) is 27.9 Å². The van der Waals surface area contributed by atoms with E-state index in [1.807, 2.05) is 6.07 Å². The first-order chi connectivity index (χ1) is 13.4. The van der Waals surface area contributed by atoms with Crippen LogP contribution in [-0.4, -0.2) is 22.7 Å². The molecule has 1 aromatic heterocycles. The van der Waals surface area contributed by atoms with Gasteiger partial charge in [-0.05, 0) is 43.3 Å². The molecule has 0 atom stereocenters. The SMILES string of the molecule is Cc1cc(NC(=O)CSc2cccc(NC(=O)c3ccc(Cl)cc3Cl)c2)no1. The standard InChI is InChI=1S/C19H15Cl2N3O3S/c1-11-7-17(24-27-11)23-18(25)10-28-14-4-2-3-13(9-14)22-19(26)15-6-5-12(20)8-16(15)21/h2-9H,10H2,1H3,(H,22,26)(H,23,24,25). The fourth-order valence-corrected chi connectivity index (χ4v) is 3.54. The minimum Gasteiger partial charge on any atom is -0.360 e. The van der Waals surface area contributed by atoms with Crippen LogP contribution in [0.25, 0.3) is 0 Å². The molecule has 2 N–H and O–H groups in total. The van der Waals surface area contributed by atoms with Crippen molar-refractivity contribution in [1.29, 1.82) is 0 Å². The molecule has 1 heterocycles. The van der Waals surface area contributed by atoms with Crippen molar-refractivity contribution in [2.75, 3.05) is 16.4 Å². The number of carbonyl (C=O) groups excluding carboxylic acids is 2. The van der Waals surface area contributed by atoms with Gasteiger partial charge in [-0.15, -0.1) is 11.8 Å². The lowest BCUT2D eigenvalue weighted by Crippen LogP contribution is -2.14. The van der Waals surface area contributed by atoms with Crippen LogP contribution in [0, 0.1) is 6.92 Å². The molecule has 0 aliphatic heterocycles. The molecule has 0 unspecified atom stereocenters. The molecule has 0 aliphatic rings. The van der Waals surface area contributed by atoms with Gasteiger partial charge in [0, 0.05) is 21.7 Å². The number of nitrogens with zero attached hydrogens (tertiary/aromatic N) is 1. The number of aromatic nitrogens is 1. The van der Waals surface area contributed by atoms with E-state index in [9.17, 15) is 9.59 Å². The predicted molar refractivity (Wildman–Crippen MR) is 111 cm³/mol. The smallest absolute Gasteiger partial charge is 0.257 e. The van der Waals surface area contributed by atoms with Crippen LogP contribution in [0.4, 0.5) is 11.5 Å². The van der Waals surface area contributed by atoms with Crippen molar-refractivity contribution >= 4 is 58.3 Å². The average molecular weight is 436 g/mol. The largest absolute Gasteiger partial charge is 0.360 e. The van der Waals surface area contributed by atoms with E-state index in [1.165, 1.54) is 17.8 Å². The second-order valence-corrected chi connectivity index (χ2v) is 7.66. The first kappa shape index (κ1) is 20.3. The molecule has 0 fully saturated rings. The average Bonchev–Trinajstić information content (AvgIpc) is 3.05. The Morgan fingerprint density at radius 1 is 1.11 bits per heavy atom. The third-order valence-electron chi connectivity index (χ3n) is 3.53. The molecule has 3 aromatic rings. The molecule has 0 bridgehead atoms. The molecule has 0 aliphatic carbocycles. The van der Waals surface area contributed by atoms with Gasteiger partial charge in [-0.1, -0.05) is 34.4 Å². The van der Waals surface area contributed by atoms with Crippen molar-refractivity contribution < 1.29 is 14.1 Å². The molecule has 2 amide bonds. The highest BCUT2D eigenvalue weighted by atomic mass is 35.5. The van der Waals surface area contributed by atoms with Crippen molar-refractivity contribution in [3.63, 3.8) is 0 Å². The molecule has 0 saturated heterocycles. The number of thioether (sulfide) groups is 1. The molecule has 28 heavy (non-hydrogen) atoms. The predicted octanol–water partition coefficient (Wildman–Crippen LogP) is 5.27. The summed E-state index contributed by atoms with van der Waals surface area (Å²) in [5.41, 5.74) is 0.917. The summed E-state index contributed by atoms with van der Waals surface area (Å²) in [6.45, 7) is 1.74. The number of nitrogens with one attached hydrogen (secondary N) is 2. The minimum absolute atomic E-state index is 0.187. The molecular formula is C19H15Cl2N3O3S. The molecular weight excluding hydrogens is 421 g/mol. The van der Waals surface area contributed by atoms with Gasteiger partial charge in [0.05, 0.1) is 16.3 Å². The summed E-state index contributed by atoms with van der Waals surface area (Å²) in [7, 11) is 0. The van der Waals surface area contributed by atoms with Crippen molar-refractivity contribution in [2.24, 2.45) is 0 Å². The van der Waals surface area contributed by atoms with Gasteiger partial charge < -0.3 is 15.2 Å². The fourth-order valence-electron chi connectivity index (χ4n) is 2.29. The Balaban J connectivity index is 1.59. The van der Waals surface area contributed by atoms with Crippen molar-refractivity contribution in [1.82, 2.24) is 5.16 Å². The number of carbonyl (C=O) groups is 2. The third-order valence-corrected chi connectivity index (χ3v) is 5.07. The second kappa shape index (κ2) is 9.14. The van der Waals surface area contributed by atoms with Crippen molar-refractivity contribution in [3.05, 3.63) is 69.9 Å². The number of halogens is 2. The normalized spacial score (nSPS) is 10.5. The summed E-state index contributed by atoms with van der Waals surface area (Å²) in [5, 5.41) is 9.89. The number of aryl methyl sites for hydroxylation is 1. The summed E-state index contributed by atoms with van der Waals surface area (Å²) < 4.78 is 4.90. The van der Waals surface area contributed by atoms with Crippen molar-refractivity contribution in [3.8, 4) is 0 Å². The maximum Gasteiger partial charge on any atom is 0.257 e. The number of hydrogen-bond donors (Lipinski definition) is 2. The van der Waals surface area contributed by atoms with E-state index < -0.39 is 0 Å². The lowest BCUT2D eigenvalue weighted by Gasteiger charge is -2.09. The molecule has 0 radical (unpaired) electrons. The molecule has 3 rings (SSSR count). The summed E-state index contributed by atoms with van der Waals surface area (Å²) in [6, 6.07) is 13.5. The van der Waals surface area contributed by atoms with Gasteiger partial charge in [0.2, 0.25) is 5.91 Å². The van der Waals surface area contributed by atoms with Gasteiger partial charge in [0.25, 0.3) is 5.91 Å². The van der Waals surface area contributed by atoms with Gasteiger partial charge in [0.1, 0.15) is 5.76 Å². The van der Waals surface area contributed by atoms with Gasteiger partial charge in [0.15, 0.2) is 5.82 Å². The number of hydrogen-bond acceptors (Lipinski definition) is 5. The highest BCUT2D eigenvalue weighted by Gasteiger charge is 2.12. The van der Waals surface area contributed by atoms with E-state index in [0.717, 1.165) is 4.90 Å². The fraction of sp³-hybridized carbons (Fsp3) is 0.105. The summed E-state index contributed by atoms with van der Waals surface area (Å²) in [4.78, 5) is 25.2. The van der Waals surface area contributed by atoms with Gasteiger partial charge in [-0.3, -0.25) is 9.59 Å². The van der Waals surface area contributed by atoms with E-state index in [-0.39, 0.29) is 22.6 Å². The second-order valence-electron chi connectivity index (χ2n) is 5.77. The highest BCUT2D eigenvalue weighted by molar-refractivity contribution is 8.00. The molecule has 9 heteroatoms. The van der Waals surface area contributed by atoms with Crippen molar-refractivity contribution in [2.45, 2.75) is 11.8 Å². The van der Waals surface area contributed by atoms with Crippen LogP contribution in [0.3, 0.4) is 0 Å². The van der Waals surface area contributed by atoms with Crippen LogP contribution in [0.1, 0.15) is 16.1 Å². The zero-order valence-electron chi connectivity index (χ0n) is 14.7. The zero-order chi connectivity index (χ0) is 20.1. The van der Waals surface area contributed by atoms with Crippen LogP contribution >= 0.6 is 35.0 Å². The zero-order valence-corrected chi connectivity index (χ0v) is 17.0. The number of rotatable bonds is 6. The van der Waals surface area contributed by atoms with Crippen LogP contribution in [-0.2, 0) is 4.79 Å². The van der Waals surface area contributed by atoms with Gasteiger partial charge >= 0.3 is 0 Å². The highest BCUT2D eigenvalue weighted by Crippen LogP contribution is 2.25. The first-order valence-electron chi connectivity index (χ1n) is 8.13. The van der Waals surface area contributed by atoms with Crippen LogP contribution < -0.4 is 10.6 Å². The Labute approximate surface area is 175 Å². The maximum absolute atomic E-state index is 12.4. The minimum atomic E-state index is -0.344. The van der Waals surface area contributed by atoms with Crippen LogP contribution in [0.2, 0.25) is 10.0 Å². The number of anilines is 2. The molecule has 2 aromatic carbocycles. The molecule has 0 saturated carbocycles. The summed E-state index contributed by atoms with van der Waals surface area (Å²) in [5.74, 6) is 0.631. The van der Waals surface area contributed by atoms with Crippen LogP contribution in [0.5, 0.6) is 0 Å². The third kappa shape index (κ3) is 5.51. The summed E-state index contributed by atoms with van der Waals surface area (Å²) in [6.07, 6.45) is 0. The monoisotopic (exact) mass is 435 g/mol. The van der Waals surface area contributed by atoms with E-state index in [4.69, 9.17) is 27.7 Å². The number of amides is 2. The Bertz CT molecular complexity index is 1020. The van der Waals surface area contributed by atoms with E-state index in [1.54, 1.807) is 43.3 Å². The Kier molecular flexibility index (Phi) is 6.61. The lowest BCUT2D eigenvalue weighted by molar-refractivity contribution is -0.113. The van der Waals surface area contributed by atoms with Gasteiger partial charge in [-0.2, -0.15) is 0 Å². The van der Waals surface area contributed by atoms with Gasteiger partial charge in [-0.25, -0.2) is 0 Å². The molecule has 0 spiro atoms. The topological polar surface area (TPSA) is 84.2 Å². The quantitative estimate of drug-likeness (QED) is 0.514. The van der Waals surface area contributed by atoms with E-state index in [2.05, 4.69) is 15.8 Å². The maximum atomic E-state index is 12.4. The lowest BCUT2D eigenvalue weighted by atomic mass is 10.2. The van der Waals surface area contributed by atoms with E-state index >= 15 is 0 Å². The number of benzene rings is 2. The molecule has 6 nitrogen and oxygen atoms in total. The Morgan fingerprint density at radius 2 is 1.93 bits per heavy atom.